The van der Waals surface area contributed by atoms with E-state index in [1.807, 2.05) is 0 Å². The van der Waals surface area contributed by atoms with Crippen LogP contribution in [-0.2, 0) is 17.8 Å². The average molecular weight is 363 g/mol. The Morgan fingerprint density at radius 1 is 0.963 bits per heavy atom. The highest BCUT2D eigenvalue weighted by Crippen LogP contribution is 2.26. The minimum atomic E-state index is 0.207. The van der Waals surface area contributed by atoms with Crippen molar-refractivity contribution in [2.75, 3.05) is 26.2 Å². The molecule has 0 bridgehead atoms. The molecule has 27 heavy (non-hydrogen) atoms. The molecule has 1 saturated heterocycles. The van der Waals surface area contributed by atoms with Crippen molar-refractivity contribution in [3.8, 4) is 0 Å². The second-order valence-electron chi connectivity index (χ2n) is 8.17. The molecule has 2 aromatic rings. The van der Waals surface area contributed by atoms with Gasteiger partial charge in [0, 0.05) is 25.6 Å². The minimum absolute atomic E-state index is 0.207. The predicted molar refractivity (Wildman–Crippen MR) is 110 cm³/mol. The lowest BCUT2D eigenvalue weighted by molar-refractivity contribution is -0.138. The number of carbonyl (C=O) groups excluding carboxylic acids is 1. The van der Waals surface area contributed by atoms with Crippen molar-refractivity contribution < 1.29 is 4.79 Å². The van der Waals surface area contributed by atoms with Crippen molar-refractivity contribution in [3.05, 3.63) is 71.3 Å². The van der Waals surface area contributed by atoms with Crippen LogP contribution in [0.2, 0.25) is 0 Å². The monoisotopic (exact) mass is 362 g/mol. The molecule has 2 aliphatic heterocycles. The van der Waals surface area contributed by atoms with Crippen molar-refractivity contribution in [3.63, 3.8) is 0 Å². The van der Waals surface area contributed by atoms with Crippen LogP contribution in [0.4, 0.5) is 0 Å². The van der Waals surface area contributed by atoms with Crippen molar-refractivity contribution in [2.45, 2.75) is 38.6 Å². The first-order valence-electron chi connectivity index (χ1n) is 10.3. The molecular weight excluding hydrogens is 332 g/mol. The summed E-state index contributed by atoms with van der Waals surface area (Å²) < 4.78 is 0. The molecule has 1 fully saturated rings. The van der Waals surface area contributed by atoms with E-state index in [0.29, 0.717) is 11.8 Å². The summed E-state index contributed by atoms with van der Waals surface area (Å²) in [5.74, 6) is 1.12. The molecule has 0 aromatic heterocycles. The Kier molecular flexibility index (Phi) is 5.58. The Bertz CT molecular complexity index is 765. The number of carbonyl (C=O) groups is 1. The maximum atomic E-state index is 13.0. The van der Waals surface area contributed by atoms with Gasteiger partial charge in [0.15, 0.2) is 0 Å². The van der Waals surface area contributed by atoms with E-state index in [0.717, 1.165) is 52.0 Å². The second kappa shape index (κ2) is 8.26. The lowest BCUT2D eigenvalue weighted by atomic mass is 9.92. The van der Waals surface area contributed by atoms with E-state index in [4.69, 9.17) is 0 Å². The summed E-state index contributed by atoms with van der Waals surface area (Å²) in [5.41, 5.74) is 4.14. The number of hydrogen-bond donors (Lipinski definition) is 0. The van der Waals surface area contributed by atoms with Crippen molar-refractivity contribution in [1.29, 1.82) is 0 Å². The molecule has 0 unspecified atom stereocenters. The van der Waals surface area contributed by atoms with Crippen LogP contribution in [0, 0.1) is 5.92 Å². The largest absolute Gasteiger partial charge is 0.338 e. The molecule has 3 nitrogen and oxygen atoms in total. The van der Waals surface area contributed by atoms with Crippen molar-refractivity contribution >= 4 is 5.91 Å². The zero-order chi connectivity index (χ0) is 18.6. The molecule has 4 rings (SSSR count). The standard InChI is InChI=1S/C24H30N2O/c1-19(20-7-3-2-4-8-20)17-25-14-11-22(12-15-25)24(27)26-16-13-21-9-5-6-10-23(21)18-26/h2-10,19,22H,11-18H2,1H3/t19-/m1/s1. The Morgan fingerprint density at radius 3 is 2.37 bits per heavy atom. The molecule has 0 N–H and O–H groups in total. The number of fused-ring (bicyclic) bond motifs is 1. The zero-order valence-electron chi connectivity index (χ0n) is 16.3. The highest BCUT2D eigenvalue weighted by atomic mass is 16.2. The third kappa shape index (κ3) is 4.24. The molecule has 3 heteroatoms. The second-order valence-corrected chi connectivity index (χ2v) is 8.17. The molecule has 2 aliphatic rings. The number of piperidine rings is 1. The van der Waals surface area contributed by atoms with E-state index in [9.17, 15) is 4.79 Å². The normalized spacial score (nSPS) is 19.5. The van der Waals surface area contributed by atoms with Gasteiger partial charge in [-0.25, -0.2) is 0 Å². The van der Waals surface area contributed by atoms with Crippen LogP contribution in [0.1, 0.15) is 42.4 Å². The molecule has 1 atom stereocenters. The first-order chi connectivity index (χ1) is 13.2. The number of rotatable bonds is 4. The number of amides is 1. The quantitative estimate of drug-likeness (QED) is 0.818. The van der Waals surface area contributed by atoms with Crippen LogP contribution < -0.4 is 0 Å². The van der Waals surface area contributed by atoms with Crippen LogP contribution in [-0.4, -0.2) is 41.9 Å². The SMILES string of the molecule is C[C@H](CN1CCC(C(=O)N2CCc3ccccc3C2)CC1)c1ccccc1. The molecule has 2 heterocycles. The average Bonchev–Trinajstić information content (AvgIpc) is 2.74. The summed E-state index contributed by atoms with van der Waals surface area (Å²) in [6.45, 7) is 7.14. The fraction of sp³-hybridized carbons (Fsp3) is 0.458. The predicted octanol–water partition coefficient (Wildman–Crippen LogP) is 4.09. The molecule has 142 valence electrons. The molecule has 0 spiro atoms. The summed E-state index contributed by atoms with van der Waals surface area (Å²) in [6.07, 6.45) is 2.99. The fourth-order valence-corrected chi connectivity index (χ4v) is 4.58. The van der Waals surface area contributed by atoms with Gasteiger partial charge in [-0.3, -0.25) is 4.79 Å². The van der Waals surface area contributed by atoms with E-state index in [1.165, 1.54) is 16.7 Å². The highest BCUT2D eigenvalue weighted by Gasteiger charge is 2.30. The smallest absolute Gasteiger partial charge is 0.226 e. The van der Waals surface area contributed by atoms with Crippen LogP contribution in [0.25, 0.3) is 0 Å². The Labute approximate surface area is 163 Å². The van der Waals surface area contributed by atoms with E-state index in [-0.39, 0.29) is 5.92 Å². The van der Waals surface area contributed by atoms with Gasteiger partial charge in [0.2, 0.25) is 5.91 Å². The number of benzene rings is 2. The van der Waals surface area contributed by atoms with E-state index < -0.39 is 0 Å². The van der Waals surface area contributed by atoms with E-state index in [2.05, 4.69) is 71.3 Å². The number of hydrogen-bond acceptors (Lipinski definition) is 2. The van der Waals surface area contributed by atoms with Gasteiger partial charge in [0.1, 0.15) is 0 Å². The number of likely N-dealkylation sites (tertiary alicyclic amines) is 1. The molecule has 2 aromatic carbocycles. The summed E-state index contributed by atoms with van der Waals surface area (Å²) in [4.78, 5) is 17.6. The van der Waals surface area contributed by atoms with Crippen LogP contribution in [0.3, 0.4) is 0 Å². The molecule has 0 radical (unpaired) electrons. The Morgan fingerprint density at radius 2 is 1.63 bits per heavy atom. The van der Waals surface area contributed by atoms with Gasteiger partial charge in [-0.1, -0.05) is 61.5 Å². The summed E-state index contributed by atoms with van der Waals surface area (Å²) in [5, 5.41) is 0. The first-order valence-corrected chi connectivity index (χ1v) is 10.3. The molecule has 0 aliphatic carbocycles. The first kappa shape index (κ1) is 18.2. The lowest BCUT2D eigenvalue weighted by Gasteiger charge is -2.37. The Hall–Kier alpha value is -2.13. The van der Waals surface area contributed by atoms with Gasteiger partial charge in [0.25, 0.3) is 0 Å². The van der Waals surface area contributed by atoms with Gasteiger partial charge in [-0.2, -0.15) is 0 Å². The van der Waals surface area contributed by atoms with Gasteiger partial charge in [0.05, 0.1) is 0 Å². The highest BCUT2D eigenvalue weighted by molar-refractivity contribution is 5.79. The van der Waals surface area contributed by atoms with Gasteiger partial charge < -0.3 is 9.80 Å². The fourth-order valence-electron chi connectivity index (χ4n) is 4.58. The number of nitrogens with zero attached hydrogens (tertiary/aromatic N) is 2. The summed E-state index contributed by atoms with van der Waals surface area (Å²) in [7, 11) is 0. The van der Waals surface area contributed by atoms with Gasteiger partial charge in [-0.15, -0.1) is 0 Å². The minimum Gasteiger partial charge on any atom is -0.338 e. The van der Waals surface area contributed by atoms with Crippen LogP contribution in [0.15, 0.2) is 54.6 Å². The van der Waals surface area contributed by atoms with Crippen LogP contribution >= 0.6 is 0 Å². The van der Waals surface area contributed by atoms with Crippen LogP contribution in [0.5, 0.6) is 0 Å². The lowest BCUT2D eigenvalue weighted by Crippen LogP contribution is -2.44. The summed E-state index contributed by atoms with van der Waals surface area (Å²) >= 11 is 0. The van der Waals surface area contributed by atoms with E-state index in [1.54, 1.807) is 0 Å². The third-order valence-electron chi connectivity index (χ3n) is 6.28. The van der Waals surface area contributed by atoms with Gasteiger partial charge >= 0.3 is 0 Å². The topological polar surface area (TPSA) is 23.6 Å². The van der Waals surface area contributed by atoms with E-state index >= 15 is 0 Å². The zero-order valence-corrected chi connectivity index (χ0v) is 16.3. The maximum absolute atomic E-state index is 13.0. The molecule has 0 saturated carbocycles. The van der Waals surface area contributed by atoms with Crippen molar-refractivity contribution in [1.82, 2.24) is 9.80 Å². The third-order valence-corrected chi connectivity index (χ3v) is 6.28. The maximum Gasteiger partial charge on any atom is 0.226 e. The van der Waals surface area contributed by atoms with Gasteiger partial charge in [-0.05, 0) is 55.0 Å². The molecular formula is C24H30N2O. The Balaban J connectivity index is 1.28. The molecule has 1 amide bonds. The van der Waals surface area contributed by atoms with Crippen molar-refractivity contribution in [2.24, 2.45) is 5.92 Å². The summed E-state index contributed by atoms with van der Waals surface area (Å²) in [6, 6.07) is 19.3.